The maximum absolute atomic E-state index is 12.8. The first-order valence-corrected chi connectivity index (χ1v) is 28.7. The number of rotatable bonds is 51. The predicted molar refractivity (Wildman–Crippen MR) is 306 cm³/mol. The minimum atomic E-state index is -0.599. The second-order valence-electron chi connectivity index (χ2n) is 18.4. The van der Waals surface area contributed by atoms with Crippen LogP contribution in [0.25, 0.3) is 0 Å². The Morgan fingerprint density at radius 1 is 0.329 bits per heavy atom. The molecule has 0 aliphatic heterocycles. The molecule has 0 fully saturated rings. The highest BCUT2D eigenvalue weighted by atomic mass is 16.6. The van der Waals surface area contributed by atoms with Crippen molar-refractivity contribution in [1.82, 2.24) is 0 Å². The van der Waals surface area contributed by atoms with Gasteiger partial charge in [0.25, 0.3) is 0 Å². The molecule has 5 heteroatoms. The molecule has 5 nitrogen and oxygen atoms in total. The number of esters is 2. The molecule has 0 bridgehead atoms. The summed E-state index contributed by atoms with van der Waals surface area (Å²) >= 11 is 0. The van der Waals surface area contributed by atoms with Crippen molar-refractivity contribution in [3.8, 4) is 0 Å². The Morgan fingerprint density at radius 2 is 0.671 bits per heavy atom. The number of ether oxygens (including phenoxy) is 3. The summed E-state index contributed by atoms with van der Waals surface area (Å²) in [6.07, 6.45) is 84.8. The van der Waals surface area contributed by atoms with Gasteiger partial charge in [-0.25, -0.2) is 0 Å². The van der Waals surface area contributed by atoms with Gasteiger partial charge in [-0.1, -0.05) is 257 Å². The molecule has 396 valence electrons. The van der Waals surface area contributed by atoms with Gasteiger partial charge in [-0.15, -0.1) is 0 Å². The van der Waals surface area contributed by atoms with E-state index in [-0.39, 0.29) is 31.6 Å². The summed E-state index contributed by atoms with van der Waals surface area (Å²) in [5, 5.41) is 0. The lowest BCUT2D eigenvalue weighted by molar-refractivity contribution is -0.162. The van der Waals surface area contributed by atoms with Gasteiger partial charge in [-0.3, -0.25) is 9.59 Å². The van der Waals surface area contributed by atoms with Gasteiger partial charge in [-0.05, 0) is 103 Å². The number of carbonyl (C=O) groups is 2. The predicted octanol–water partition coefficient (Wildman–Crippen LogP) is 19.9. The first-order chi connectivity index (χ1) is 34.6. The summed E-state index contributed by atoms with van der Waals surface area (Å²) in [6, 6.07) is 0. The maximum Gasteiger partial charge on any atom is 0.306 e. The first kappa shape index (κ1) is 66.0. The van der Waals surface area contributed by atoms with Gasteiger partial charge in [0.1, 0.15) is 6.61 Å². The van der Waals surface area contributed by atoms with Crippen molar-refractivity contribution in [2.24, 2.45) is 0 Å². The van der Waals surface area contributed by atoms with E-state index >= 15 is 0 Å². The van der Waals surface area contributed by atoms with Gasteiger partial charge in [0, 0.05) is 19.4 Å². The first-order valence-electron chi connectivity index (χ1n) is 28.7. The van der Waals surface area contributed by atoms with E-state index in [1.165, 1.54) is 89.9 Å². The van der Waals surface area contributed by atoms with E-state index in [9.17, 15) is 9.59 Å². The minimum Gasteiger partial charge on any atom is -0.462 e. The highest BCUT2D eigenvalue weighted by molar-refractivity contribution is 5.70. The molecule has 0 aliphatic rings. The molecule has 0 aliphatic carbocycles. The van der Waals surface area contributed by atoms with Crippen LogP contribution in [0.1, 0.15) is 239 Å². The zero-order valence-corrected chi connectivity index (χ0v) is 45.5. The van der Waals surface area contributed by atoms with E-state index in [2.05, 4.69) is 148 Å². The van der Waals surface area contributed by atoms with Crippen LogP contribution in [0.5, 0.6) is 0 Å². The molecular formula is C65H106O5. The molecule has 0 aromatic rings. The van der Waals surface area contributed by atoms with Gasteiger partial charge in [-0.2, -0.15) is 0 Å². The van der Waals surface area contributed by atoms with Gasteiger partial charge in [0.15, 0.2) is 6.10 Å². The van der Waals surface area contributed by atoms with Crippen molar-refractivity contribution in [3.05, 3.63) is 134 Å². The molecule has 0 aromatic heterocycles. The Kier molecular flexibility index (Phi) is 56.0. The molecule has 0 spiro atoms. The number of hydrogen-bond donors (Lipinski definition) is 0. The maximum atomic E-state index is 12.8. The molecule has 0 unspecified atom stereocenters. The van der Waals surface area contributed by atoms with Crippen LogP contribution in [0, 0.1) is 0 Å². The normalized spacial score (nSPS) is 13.2. The second kappa shape index (κ2) is 59.3. The fraction of sp³-hybridized carbons (Fsp3) is 0.631. The lowest BCUT2D eigenvalue weighted by atomic mass is 10.0. The SMILES string of the molecule is CC/C=C\C/C=C\C/C=C\C/C=C\C/C=C\C/C=C\CCC(=O)O[C@H](COCCCCCCCCCCCCCCCCCC)COC(=O)CCCCC/C=C\C/C=C\C/C=C\C/C=C\C/C=C\CC. The van der Waals surface area contributed by atoms with Crippen molar-refractivity contribution >= 4 is 11.9 Å². The third-order valence-corrected chi connectivity index (χ3v) is 11.7. The monoisotopic (exact) mass is 967 g/mol. The van der Waals surface area contributed by atoms with Crippen LogP contribution in [0.2, 0.25) is 0 Å². The zero-order valence-electron chi connectivity index (χ0n) is 45.5. The van der Waals surface area contributed by atoms with Gasteiger partial charge in [0.2, 0.25) is 0 Å². The van der Waals surface area contributed by atoms with Crippen molar-refractivity contribution in [3.63, 3.8) is 0 Å². The average molecular weight is 968 g/mol. The number of allylic oxidation sites excluding steroid dienone is 22. The summed E-state index contributed by atoms with van der Waals surface area (Å²) in [4.78, 5) is 25.5. The third-order valence-electron chi connectivity index (χ3n) is 11.7. The summed E-state index contributed by atoms with van der Waals surface area (Å²) in [5.74, 6) is -0.534. The Balaban J connectivity index is 4.48. The standard InChI is InChI=1S/C65H106O5/c1-4-7-10-13-16-19-22-25-28-31-33-35-37-40-43-46-49-52-55-58-64(66)69-62-63(61-68-60-57-54-51-48-45-42-39-30-27-24-21-18-15-12-9-6-3)70-65(67)59-56-53-50-47-44-41-38-36-34-32-29-26-23-20-17-14-11-8-5-2/h7-8,10-11,16-17,19-20,25-26,28-29,33-36,40-41,43-44,50,53,63H,4-6,9,12-15,18,21-24,27,30-32,37-39,42,45-49,51-52,54-62H2,1-3H3/b10-7-,11-8-,19-16-,20-17-,28-25-,29-26-,35-33-,36-34-,43-40-,44-41-,53-50-/t63-/m1/s1. The van der Waals surface area contributed by atoms with Crippen LogP contribution in [0.15, 0.2) is 134 Å². The smallest absolute Gasteiger partial charge is 0.306 e. The molecule has 0 radical (unpaired) electrons. The fourth-order valence-corrected chi connectivity index (χ4v) is 7.50. The van der Waals surface area contributed by atoms with Crippen molar-refractivity contribution < 1.29 is 23.8 Å². The van der Waals surface area contributed by atoms with Crippen molar-refractivity contribution in [2.45, 2.75) is 245 Å². The van der Waals surface area contributed by atoms with Crippen LogP contribution < -0.4 is 0 Å². The van der Waals surface area contributed by atoms with Gasteiger partial charge < -0.3 is 14.2 Å². The number of unbranched alkanes of at least 4 members (excludes halogenated alkanes) is 18. The molecule has 0 saturated heterocycles. The highest BCUT2D eigenvalue weighted by Gasteiger charge is 2.17. The van der Waals surface area contributed by atoms with Crippen LogP contribution in [0.4, 0.5) is 0 Å². The van der Waals surface area contributed by atoms with Crippen LogP contribution >= 0.6 is 0 Å². The Bertz CT molecular complexity index is 1470. The van der Waals surface area contributed by atoms with E-state index < -0.39 is 6.10 Å². The Labute approximate surface area is 432 Å². The zero-order chi connectivity index (χ0) is 50.6. The molecule has 0 amide bonds. The quantitative estimate of drug-likeness (QED) is 0.0345. The van der Waals surface area contributed by atoms with E-state index in [1.807, 2.05) is 6.08 Å². The van der Waals surface area contributed by atoms with Gasteiger partial charge >= 0.3 is 11.9 Å². The van der Waals surface area contributed by atoms with Gasteiger partial charge in [0.05, 0.1) is 6.61 Å². The lowest BCUT2D eigenvalue weighted by Crippen LogP contribution is -2.30. The Morgan fingerprint density at radius 3 is 1.07 bits per heavy atom. The molecule has 0 rings (SSSR count). The third kappa shape index (κ3) is 56.6. The van der Waals surface area contributed by atoms with Crippen molar-refractivity contribution in [1.29, 1.82) is 0 Å². The van der Waals surface area contributed by atoms with Crippen LogP contribution in [0.3, 0.4) is 0 Å². The summed E-state index contributed by atoms with van der Waals surface area (Å²) < 4.78 is 17.4. The summed E-state index contributed by atoms with van der Waals surface area (Å²) in [7, 11) is 0. The fourth-order valence-electron chi connectivity index (χ4n) is 7.50. The molecule has 1 atom stereocenters. The largest absolute Gasteiger partial charge is 0.462 e. The van der Waals surface area contributed by atoms with E-state index in [1.54, 1.807) is 0 Å². The average Bonchev–Trinajstić information content (AvgIpc) is 3.36. The molecule has 0 aromatic carbocycles. The second-order valence-corrected chi connectivity index (χ2v) is 18.4. The molecule has 0 saturated carbocycles. The topological polar surface area (TPSA) is 61.8 Å². The molecule has 70 heavy (non-hydrogen) atoms. The van der Waals surface area contributed by atoms with Crippen LogP contribution in [-0.4, -0.2) is 37.9 Å². The van der Waals surface area contributed by atoms with E-state index in [0.29, 0.717) is 19.4 Å². The molecule has 0 heterocycles. The number of hydrogen-bond acceptors (Lipinski definition) is 5. The Hall–Kier alpha value is -3.96. The van der Waals surface area contributed by atoms with E-state index in [0.717, 1.165) is 109 Å². The summed E-state index contributed by atoms with van der Waals surface area (Å²) in [5.41, 5.74) is 0. The number of carbonyl (C=O) groups excluding carboxylic acids is 2. The lowest BCUT2D eigenvalue weighted by Gasteiger charge is -2.18. The highest BCUT2D eigenvalue weighted by Crippen LogP contribution is 2.14. The molecule has 0 N–H and O–H groups in total. The summed E-state index contributed by atoms with van der Waals surface area (Å²) in [6.45, 7) is 7.49. The van der Waals surface area contributed by atoms with Crippen molar-refractivity contribution in [2.75, 3.05) is 19.8 Å². The van der Waals surface area contributed by atoms with Crippen LogP contribution in [-0.2, 0) is 23.8 Å². The van der Waals surface area contributed by atoms with E-state index in [4.69, 9.17) is 14.2 Å². The minimum absolute atomic E-state index is 0.0312. The molecular weight excluding hydrogens is 861 g/mol.